The molecular formula is C41H43N5O6. The van der Waals surface area contributed by atoms with E-state index in [4.69, 9.17) is 14.5 Å². The Hall–Kier alpha value is -5.84. The van der Waals surface area contributed by atoms with Gasteiger partial charge in [-0.25, -0.2) is 4.79 Å². The zero-order chi connectivity index (χ0) is 37.0. The minimum Gasteiger partial charge on any atom is -0.459 e. The fourth-order valence-corrected chi connectivity index (χ4v) is 6.52. The molecule has 0 atom stereocenters. The molecule has 0 unspecified atom stereocenters. The summed E-state index contributed by atoms with van der Waals surface area (Å²) < 4.78 is 11.1. The number of ether oxygens (including phenoxy) is 2. The van der Waals surface area contributed by atoms with Crippen LogP contribution < -0.4 is 10.6 Å². The highest BCUT2D eigenvalue weighted by Crippen LogP contribution is 2.44. The average molecular weight is 702 g/mol. The van der Waals surface area contributed by atoms with E-state index in [0.29, 0.717) is 11.2 Å². The maximum Gasteiger partial charge on any atom is 0.407 e. The molecule has 0 radical (unpaired) electrons. The summed E-state index contributed by atoms with van der Waals surface area (Å²) in [5, 5.41) is 7.21. The molecule has 0 bridgehead atoms. The predicted octanol–water partition coefficient (Wildman–Crippen LogP) is 6.83. The summed E-state index contributed by atoms with van der Waals surface area (Å²) >= 11 is 0. The van der Waals surface area contributed by atoms with E-state index in [9.17, 15) is 19.2 Å². The highest BCUT2D eigenvalue weighted by atomic mass is 16.6. The molecule has 11 nitrogen and oxygen atoms in total. The number of fused-ring (bicyclic) bond motifs is 6. The van der Waals surface area contributed by atoms with E-state index in [0.717, 1.165) is 49.9 Å². The summed E-state index contributed by atoms with van der Waals surface area (Å²) in [6.07, 6.45) is -0.930. The van der Waals surface area contributed by atoms with E-state index >= 15 is 0 Å². The molecule has 0 saturated carbocycles. The number of alkyl carbamates (subject to hydrolysis) is 1. The minimum atomic E-state index is -0.755. The zero-order valence-corrected chi connectivity index (χ0v) is 30.1. The molecule has 6 rings (SSSR count). The van der Waals surface area contributed by atoms with E-state index in [1.807, 2.05) is 80.6 Å². The second kappa shape index (κ2) is 15.2. The maximum atomic E-state index is 13.4. The Labute approximate surface area is 302 Å². The molecule has 1 aliphatic carbocycles. The number of aromatic nitrogens is 2. The smallest absolute Gasteiger partial charge is 0.407 e. The summed E-state index contributed by atoms with van der Waals surface area (Å²) in [7, 11) is 0. The van der Waals surface area contributed by atoms with Crippen LogP contribution in [0.15, 0.2) is 78.9 Å². The van der Waals surface area contributed by atoms with Crippen LogP contribution in [0.25, 0.3) is 32.9 Å². The number of hydrogen-bond acceptors (Lipinski definition) is 8. The largest absolute Gasteiger partial charge is 0.459 e. The number of pyridine rings is 2. The van der Waals surface area contributed by atoms with Gasteiger partial charge in [0.25, 0.3) is 0 Å². The van der Waals surface area contributed by atoms with Crippen LogP contribution in [0.1, 0.15) is 62.0 Å². The highest BCUT2D eigenvalue weighted by Gasteiger charge is 2.29. The van der Waals surface area contributed by atoms with Gasteiger partial charge in [0.15, 0.2) is 0 Å². The summed E-state index contributed by atoms with van der Waals surface area (Å²) in [5.41, 5.74) is 7.37. The third kappa shape index (κ3) is 8.37. The summed E-state index contributed by atoms with van der Waals surface area (Å²) in [4.78, 5) is 62.9. The fourth-order valence-electron chi connectivity index (χ4n) is 6.52. The molecule has 0 fully saturated rings. The first kappa shape index (κ1) is 36.0. The Morgan fingerprint density at radius 2 is 1.44 bits per heavy atom. The number of carbonyl (C=O) groups excluding carboxylic acids is 4. The third-order valence-electron chi connectivity index (χ3n) is 8.84. The van der Waals surface area contributed by atoms with Crippen LogP contribution in [-0.4, -0.2) is 70.6 Å². The first-order valence-electron chi connectivity index (χ1n) is 17.4. The van der Waals surface area contributed by atoms with Gasteiger partial charge in [0, 0.05) is 54.0 Å². The van der Waals surface area contributed by atoms with Crippen molar-refractivity contribution in [2.45, 2.75) is 59.0 Å². The van der Waals surface area contributed by atoms with Gasteiger partial charge in [-0.1, -0.05) is 54.6 Å². The molecule has 2 N–H and O–H groups in total. The van der Waals surface area contributed by atoms with Gasteiger partial charge in [-0.15, -0.1) is 0 Å². The van der Waals surface area contributed by atoms with Crippen LogP contribution in [0.5, 0.6) is 0 Å². The van der Waals surface area contributed by atoms with Crippen molar-refractivity contribution in [1.29, 1.82) is 0 Å². The molecule has 0 aliphatic heterocycles. The Bertz CT molecular complexity index is 2130. The van der Waals surface area contributed by atoms with Crippen LogP contribution >= 0.6 is 0 Å². The van der Waals surface area contributed by atoms with Crippen molar-refractivity contribution in [1.82, 2.24) is 20.2 Å². The van der Waals surface area contributed by atoms with Crippen LogP contribution in [-0.2, 0) is 23.9 Å². The number of anilines is 1. The molecule has 2 aromatic heterocycles. The molecule has 11 heteroatoms. The number of esters is 1. The molecule has 3 amide bonds. The van der Waals surface area contributed by atoms with Gasteiger partial charge >= 0.3 is 12.1 Å². The second-order valence-corrected chi connectivity index (χ2v) is 14.0. The monoisotopic (exact) mass is 701 g/mol. The maximum absolute atomic E-state index is 13.4. The van der Waals surface area contributed by atoms with Crippen molar-refractivity contribution < 1.29 is 28.7 Å². The number of benzene rings is 3. The SMILES string of the molecule is Cc1ccc2cc(NC(=O)CCC(=O)N(CCNC(=O)OCC3c4ccccc4-c4ccccc43)CC(=O)OC(C)(C)C)c3ccc(C)nc3c2n1. The fraction of sp³-hybridized carbons (Fsp3) is 0.317. The van der Waals surface area contributed by atoms with Crippen LogP contribution in [0.3, 0.4) is 0 Å². The van der Waals surface area contributed by atoms with Crippen molar-refractivity contribution in [3.05, 3.63) is 101 Å². The zero-order valence-electron chi connectivity index (χ0n) is 30.1. The average Bonchev–Trinajstić information content (AvgIpc) is 3.42. The standard InChI is InChI=1S/C41H43N5O6/c1-25-14-16-27-22-34(32-17-15-26(2)44-39(32)38(27)43-25)45-35(47)18-19-36(48)46(23-37(49)52-41(3,4)5)21-20-42-40(50)51-24-33-30-12-8-6-10-28(30)29-11-7-9-13-31(29)33/h6-17,22,33H,18-21,23-24H2,1-5H3,(H,42,50)(H,45,47). The first-order valence-corrected chi connectivity index (χ1v) is 17.4. The van der Waals surface area contributed by atoms with E-state index in [1.54, 1.807) is 20.8 Å². The van der Waals surface area contributed by atoms with E-state index in [-0.39, 0.29) is 50.9 Å². The van der Waals surface area contributed by atoms with Gasteiger partial charge in [0.2, 0.25) is 11.8 Å². The van der Waals surface area contributed by atoms with Crippen molar-refractivity contribution in [3.63, 3.8) is 0 Å². The normalized spacial score (nSPS) is 12.2. The van der Waals surface area contributed by atoms with Crippen molar-refractivity contribution in [2.75, 3.05) is 31.6 Å². The third-order valence-corrected chi connectivity index (χ3v) is 8.84. The number of aryl methyl sites for hydroxylation is 2. The molecule has 5 aromatic rings. The summed E-state index contributed by atoms with van der Waals surface area (Å²) in [6, 6.07) is 25.6. The summed E-state index contributed by atoms with van der Waals surface area (Å²) in [5.74, 6) is -1.50. The quantitative estimate of drug-likeness (QED) is 0.113. The van der Waals surface area contributed by atoms with E-state index in [1.165, 1.54) is 4.90 Å². The molecular weight excluding hydrogens is 658 g/mol. The molecule has 1 aliphatic rings. The van der Waals surface area contributed by atoms with Gasteiger partial charge in [0.1, 0.15) is 18.8 Å². The topological polar surface area (TPSA) is 140 Å². The predicted molar refractivity (Wildman–Crippen MR) is 200 cm³/mol. The van der Waals surface area contributed by atoms with Crippen molar-refractivity contribution in [2.24, 2.45) is 0 Å². The number of amides is 3. The number of rotatable bonds is 11. The van der Waals surface area contributed by atoms with Crippen LogP contribution in [0, 0.1) is 13.8 Å². The molecule has 0 spiro atoms. The second-order valence-electron chi connectivity index (χ2n) is 14.0. The lowest BCUT2D eigenvalue weighted by atomic mass is 9.98. The molecule has 268 valence electrons. The van der Waals surface area contributed by atoms with Gasteiger partial charge in [-0.2, -0.15) is 0 Å². The number of nitrogens with zero attached hydrogens (tertiary/aromatic N) is 3. The highest BCUT2D eigenvalue weighted by molar-refractivity contribution is 6.12. The van der Waals surface area contributed by atoms with E-state index < -0.39 is 23.6 Å². The lowest BCUT2D eigenvalue weighted by Gasteiger charge is -2.25. The van der Waals surface area contributed by atoms with Gasteiger partial charge in [0.05, 0.1) is 16.7 Å². The van der Waals surface area contributed by atoms with Crippen molar-refractivity contribution >= 4 is 51.4 Å². The Kier molecular flexibility index (Phi) is 10.5. The van der Waals surface area contributed by atoms with Crippen LogP contribution in [0.4, 0.5) is 10.5 Å². The molecule has 3 aromatic carbocycles. The number of carbonyl (C=O) groups is 4. The Morgan fingerprint density at radius 1 is 0.808 bits per heavy atom. The van der Waals surface area contributed by atoms with Crippen LogP contribution in [0.2, 0.25) is 0 Å². The van der Waals surface area contributed by atoms with Gasteiger partial charge < -0.3 is 25.0 Å². The van der Waals surface area contributed by atoms with Gasteiger partial charge in [-0.3, -0.25) is 24.4 Å². The molecule has 2 heterocycles. The summed E-state index contributed by atoms with van der Waals surface area (Å²) in [6.45, 7) is 8.88. The van der Waals surface area contributed by atoms with E-state index in [2.05, 4.69) is 27.8 Å². The lowest BCUT2D eigenvalue weighted by molar-refractivity contribution is -0.158. The van der Waals surface area contributed by atoms with Gasteiger partial charge in [-0.05, 0) is 81.1 Å². The molecule has 0 saturated heterocycles. The first-order chi connectivity index (χ1) is 24.9. The van der Waals surface area contributed by atoms with Crippen molar-refractivity contribution in [3.8, 4) is 11.1 Å². The number of hydrogen-bond donors (Lipinski definition) is 2. The minimum absolute atomic E-state index is 0.0106. The number of nitrogens with one attached hydrogen (secondary N) is 2. The molecule has 52 heavy (non-hydrogen) atoms. The Morgan fingerprint density at radius 3 is 2.12 bits per heavy atom. The lowest BCUT2D eigenvalue weighted by Crippen LogP contribution is -2.43. The Balaban J connectivity index is 1.07.